The molecule has 4 heteroatoms. The lowest BCUT2D eigenvalue weighted by molar-refractivity contribution is 0.511. The average Bonchev–Trinajstić information content (AvgIpc) is 2.60. The van der Waals surface area contributed by atoms with Gasteiger partial charge in [0, 0.05) is 17.0 Å². The van der Waals surface area contributed by atoms with Crippen LogP contribution >= 0.6 is 11.6 Å². The van der Waals surface area contributed by atoms with E-state index in [4.69, 9.17) is 17.3 Å². The Bertz CT molecular complexity index is 342. The maximum absolute atomic E-state index is 6.18. The Morgan fingerprint density at radius 2 is 2.07 bits per heavy atom. The summed E-state index contributed by atoms with van der Waals surface area (Å²) in [5.74, 6) is 0.240. The van der Waals surface area contributed by atoms with E-state index < -0.39 is 0 Å². The van der Waals surface area contributed by atoms with Crippen LogP contribution in [0.2, 0.25) is 5.02 Å². The molecule has 4 N–H and O–H groups in total. The van der Waals surface area contributed by atoms with Gasteiger partial charge in [0.2, 0.25) is 0 Å². The standard InChI is InChI=1S/C11H16ClN3/c1-2-9-10(11(13)15-14-9)7-5-3-4-6-8(7)12/h3-6,9-11,14-15H,2,13H2,1H3. The van der Waals surface area contributed by atoms with E-state index in [0.29, 0.717) is 6.04 Å². The largest absolute Gasteiger partial charge is 0.314 e. The van der Waals surface area contributed by atoms with Crippen molar-refractivity contribution in [2.45, 2.75) is 31.5 Å². The zero-order valence-corrected chi connectivity index (χ0v) is 9.46. The molecule has 3 unspecified atom stereocenters. The first-order valence-corrected chi connectivity index (χ1v) is 5.63. The maximum Gasteiger partial charge on any atom is 0.0764 e. The van der Waals surface area contributed by atoms with E-state index in [1.807, 2.05) is 24.3 Å². The maximum atomic E-state index is 6.18. The fourth-order valence-electron chi connectivity index (χ4n) is 2.14. The van der Waals surface area contributed by atoms with Gasteiger partial charge in [-0.15, -0.1) is 0 Å². The van der Waals surface area contributed by atoms with Crippen LogP contribution in [-0.4, -0.2) is 12.2 Å². The highest BCUT2D eigenvalue weighted by molar-refractivity contribution is 6.31. The number of hydrogen-bond donors (Lipinski definition) is 3. The van der Waals surface area contributed by atoms with Gasteiger partial charge in [0.25, 0.3) is 0 Å². The quantitative estimate of drug-likeness (QED) is 0.717. The molecule has 3 atom stereocenters. The van der Waals surface area contributed by atoms with Crippen LogP contribution in [0.4, 0.5) is 0 Å². The molecule has 0 aromatic heterocycles. The van der Waals surface area contributed by atoms with E-state index in [1.165, 1.54) is 0 Å². The highest BCUT2D eigenvalue weighted by atomic mass is 35.5. The van der Waals surface area contributed by atoms with E-state index in [9.17, 15) is 0 Å². The molecule has 82 valence electrons. The van der Waals surface area contributed by atoms with Gasteiger partial charge < -0.3 is 5.73 Å². The zero-order chi connectivity index (χ0) is 10.8. The van der Waals surface area contributed by atoms with Gasteiger partial charge in [-0.1, -0.05) is 36.7 Å². The Morgan fingerprint density at radius 1 is 1.33 bits per heavy atom. The van der Waals surface area contributed by atoms with Gasteiger partial charge in [0.05, 0.1) is 6.17 Å². The van der Waals surface area contributed by atoms with Gasteiger partial charge in [-0.05, 0) is 18.1 Å². The minimum Gasteiger partial charge on any atom is -0.314 e. The van der Waals surface area contributed by atoms with Crippen molar-refractivity contribution in [3.63, 3.8) is 0 Å². The molecular formula is C11H16ClN3. The Labute approximate surface area is 95.0 Å². The first kappa shape index (κ1) is 10.9. The molecule has 1 aliphatic rings. The summed E-state index contributed by atoms with van der Waals surface area (Å²) in [6, 6.07) is 8.24. The van der Waals surface area contributed by atoms with Gasteiger partial charge in [-0.25, -0.2) is 5.43 Å². The number of nitrogens with two attached hydrogens (primary N) is 1. The molecule has 1 fully saturated rings. The van der Waals surface area contributed by atoms with Crippen molar-refractivity contribution in [3.05, 3.63) is 34.9 Å². The predicted molar refractivity (Wildman–Crippen MR) is 62.5 cm³/mol. The van der Waals surface area contributed by atoms with Gasteiger partial charge in [-0.3, -0.25) is 5.43 Å². The normalized spacial score (nSPS) is 30.7. The molecule has 3 nitrogen and oxygen atoms in total. The van der Waals surface area contributed by atoms with Crippen molar-refractivity contribution in [1.82, 2.24) is 10.9 Å². The molecule has 0 bridgehead atoms. The molecule has 1 saturated heterocycles. The number of nitrogens with one attached hydrogen (secondary N) is 2. The molecule has 1 aliphatic heterocycles. The summed E-state index contributed by atoms with van der Waals surface area (Å²) < 4.78 is 0. The second-order valence-electron chi connectivity index (χ2n) is 3.88. The number of benzene rings is 1. The molecule has 1 aromatic rings. The molecule has 0 saturated carbocycles. The lowest BCUT2D eigenvalue weighted by Gasteiger charge is -2.21. The smallest absolute Gasteiger partial charge is 0.0764 e. The molecule has 2 rings (SSSR count). The molecular weight excluding hydrogens is 210 g/mol. The van der Waals surface area contributed by atoms with E-state index in [2.05, 4.69) is 17.8 Å². The Hall–Kier alpha value is -0.610. The molecule has 0 amide bonds. The summed E-state index contributed by atoms with van der Waals surface area (Å²) in [5.41, 5.74) is 13.4. The van der Waals surface area contributed by atoms with Crippen LogP contribution in [0.15, 0.2) is 24.3 Å². The summed E-state index contributed by atoms with van der Waals surface area (Å²) in [5, 5.41) is 0.793. The summed E-state index contributed by atoms with van der Waals surface area (Å²) in [4.78, 5) is 0. The molecule has 0 radical (unpaired) electrons. The minimum atomic E-state index is -0.0742. The summed E-state index contributed by atoms with van der Waals surface area (Å²) in [7, 11) is 0. The molecule has 15 heavy (non-hydrogen) atoms. The molecule has 0 aliphatic carbocycles. The van der Waals surface area contributed by atoms with Crippen molar-refractivity contribution in [2.75, 3.05) is 0 Å². The SMILES string of the molecule is CCC1NNC(N)C1c1ccccc1Cl. The van der Waals surface area contributed by atoms with Crippen LogP contribution in [-0.2, 0) is 0 Å². The topological polar surface area (TPSA) is 50.1 Å². The molecule has 1 heterocycles. The first-order chi connectivity index (χ1) is 7.24. The predicted octanol–water partition coefficient (Wildman–Crippen LogP) is 1.59. The van der Waals surface area contributed by atoms with Crippen LogP contribution < -0.4 is 16.6 Å². The fraction of sp³-hybridized carbons (Fsp3) is 0.455. The van der Waals surface area contributed by atoms with Gasteiger partial charge in [0.15, 0.2) is 0 Å². The van der Waals surface area contributed by atoms with Crippen LogP contribution in [0.25, 0.3) is 0 Å². The zero-order valence-electron chi connectivity index (χ0n) is 8.70. The third kappa shape index (κ3) is 2.01. The summed E-state index contributed by atoms with van der Waals surface area (Å²) in [6.07, 6.45) is 0.950. The Morgan fingerprint density at radius 3 is 2.73 bits per heavy atom. The Kier molecular flexibility index (Phi) is 3.26. The number of hydrazine groups is 1. The second kappa shape index (κ2) is 4.49. The highest BCUT2D eigenvalue weighted by Gasteiger charge is 2.34. The molecule has 0 spiro atoms. The average molecular weight is 226 g/mol. The first-order valence-electron chi connectivity index (χ1n) is 5.25. The van der Waals surface area contributed by atoms with Crippen LogP contribution in [0.3, 0.4) is 0 Å². The van der Waals surface area contributed by atoms with Crippen LogP contribution in [0.5, 0.6) is 0 Å². The lowest BCUT2D eigenvalue weighted by Crippen LogP contribution is -2.38. The second-order valence-corrected chi connectivity index (χ2v) is 4.28. The molecule has 1 aromatic carbocycles. The third-order valence-corrected chi connectivity index (χ3v) is 3.30. The summed E-state index contributed by atoms with van der Waals surface area (Å²) in [6.45, 7) is 2.14. The van der Waals surface area contributed by atoms with E-state index in [-0.39, 0.29) is 12.1 Å². The van der Waals surface area contributed by atoms with Gasteiger partial charge >= 0.3 is 0 Å². The minimum absolute atomic E-state index is 0.0742. The number of rotatable bonds is 2. The highest BCUT2D eigenvalue weighted by Crippen LogP contribution is 2.31. The van der Waals surface area contributed by atoms with Gasteiger partial charge in [0.1, 0.15) is 0 Å². The van der Waals surface area contributed by atoms with E-state index in [1.54, 1.807) is 0 Å². The van der Waals surface area contributed by atoms with Gasteiger partial charge in [-0.2, -0.15) is 0 Å². The monoisotopic (exact) mass is 225 g/mol. The van der Waals surface area contributed by atoms with E-state index in [0.717, 1.165) is 17.0 Å². The van der Waals surface area contributed by atoms with Crippen molar-refractivity contribution < 1.29 is 0 Å². The number of hydrogen-bond acceptors (Lipinski definition) is 3. The van der Waals surface area contributed by atoms with Crippen LogP contribution in [0.1, 0.15) is 24.8 Å². The van der Waals surface area contributed by atoms with Crippen molar-refractivity contribution >= 4 is 11.6 Å². The van der Waals surface area contributed by atoms with E-state index >= 15 is 0 Å². The fourth-order valence-corrected chi connectivity index (χ4v) is 2.41. The third-order valence-electron chi connectivity index (χ3n) is 2.96. The Balaban J connectivity index is 2.32. The van der Waals surface area contributed by atoms with Crippen molar-refractivity contribution in [3.8, 4) is 0 Å². The van der Waals surface area contributed by atoms with Crippen molar-refractivity contribution in [1.29, 1.82) is 0 Å². The van der Waals surface area contributed by atoms with Crippen LogP contribution in [0, 0.1) is 0 Å². The summed E-state index contributed by atoms with van der Waals surface area (Å²) >= 11 is 6.18. The van der Waals surface area contributed by atoms with Crippen molar-refractivity contribution in [2.24, 2.45) is 5.73 Å². The number of halogens is 1. The lowest BCUT2D eigenvalue weighted by atomic mass is 9.89.